The average molecular weight is 439 g/mol. The van der Waals surface area contributed by atoms with Gasteiger partial charge in [-0.3, -0.25) is 0 Å². The van der Waals surface area contributed by atoms with Crippen LogP contribution in [0.3, 0.4) is 0 Å². The van der Waals surface area contributed by atoms with E-state index in [-0.39, 0.29) is 0 Å². The van der Waals surface area contributed by atoms with Crippen molar-refractivity contribution >= 4 is 10.8 Å². The van der Waals surface area contributed by atoms with Gasteiger partial charge in [0.25, 0.3) is 0 Å². The van der Waals surface area contributed by atoms with Crippen LogP contribution in [-0.4, -0.2) is 40.5 Å². The van der Waals surface area contributed by atoms with Crippen LogP contribution in [-0.2, 0) is 13.0 Å². The second-order valence-electron chi connectivity index (χ2n) is 7.84. The Labute approximate surface area is 188 Å². The predicted octanol–water partition coefficient (Wildman–Crippen LogP) is 2.82. The van der Waals surface area contributed by atoms with E-state index in [9.17, 15) is 0 Å². The molecule has 7 heteroatoms. The second kappa shape index (κ2) is 10.1. The minimum atomic E-state index is 0.556. The first kappa shape index (κ1) is 22.2. The van der Waals surface area contributed by atoms with Gasteiger partial charge in [-0.1, -0.05) is 0 Å². The number of rotatable bonds is 10. The third kappa shape index (κ3) is 4.31. The molecule has 4 N–H and O–H groups in total. The van der Waals surface area contributed by atoms with E-state index in [2.05, 4.69) is 35.0 Å². The van der Waals surface area contributed by atoms with Gasteiger partial charge in [0.2, 0.25) is 5.69 Å². The molecule has 0 saturated heterocycles. The smallest absolute Gasteiger partial charge is 0.213 e. The van der Waals surface area contributed by atoms with Gasteiger partial charge in [-0.25, -0.2) is 0 Å². The van der Waals surface area contributed by atoms with Crippen LogP contribution in [0.25, 0.3) is 22.0 Å². The molecule has 0 fully saturated rings. The van der Waals surface area contributed by atoms with E-state index in [0.29, 0.717) is 26.3 Å². The highest BCUT2D eigenvalue weighted by molar-refractivity contribution is 5.91. The van der Waals surface area contributed by atoms with Crippen LogP contribution in [0.15, 0.2) is 36.5 Å². The summed E-state index contributed by atoms with van der Waals surface area (Å²) in [6, 6.07) is 10.4. The summed E-state index contributed by atoms with van der Waals surface area (Å²) in [5.74, 6) is 3.00. The summed E-state index contributed by atoms with van der Waals surface area (Å²) in [6.07, 6.45) is 4.67. The Morgan fingerprint density at radius 2 is 1.62 bits per heavy atom. The molecule has 1 aliphatic heterocycles. The summed E-state index contributed by atoms with van der Waals surface area (Å²) in [6.45, 7) is 3.20. The molecule has 0 saturated carbocycles. The van der Waals surface area contributed by atoms with Crippen molar-refractivity contribution < 1.29 is 23.5 Å². The molecule has 0 atom stereocenters. The number of pyridine rings is 1. The number of hydrogen-bond acceptors (Lipinski definition) is 6. The summed E-state index contributed by atoms with van der Waals surface area (Å²) in [5.41, 5.74) is 14.8. The summed E-state index contributed by atoms with van der Waals surface area (Å²) in [7, 11) is 3.34. The van der Waals surface area contributed by atoms with Gasteiger partial charge < -0.3 is 30.4 Å². The Morgan fingerprint density at radius 3 is 2.34 bits per heavy atom. The van der Waals surface area contributed by atoms with E-state index >= 15 is 0 Å². The first-order valence-electron chi connectivity index (χ1n) is 11.1. The Bertz CT molecular complexity index is 1100. The van der Waals surface area contributed by atoms with Crippen molar-refractivity contribution in [2.75, 3.05) is 40.5 Å². The lowest BCUT2D eigenvalue weighted by Crippen LogP contribution is -2.40. The highest BCUT2D eigenvalue weighted by Crippen LogP contribution is 2.40. The largest absolute Gasteiger partial charge is 0.493 e. The molecule has 7 nitrogen and oxygen atoms in total. The lowest BCUT2D eigenvalue weighted by molar-refractivity contribution is -0.686. The maximum Gasteiger partial charge on any atom is 0.213 e. The van der Waals surface area contributed by atoms with Crippen LogP contribution in [0.5, 0.6) is 23.0 Å². The number of ether oxygens (including phenoxy) is 4. The van der Waals surface area contributed by atoms with Crippen LogP contribution in [0.1, 0.15) is 18.4 Å². The van der Waals surface area contributed by atoms with Crippen molar-refractivity contribution in [2.45, 2.75) is 25.8 Å². The van der Waals surface area contributed by atoms with E-state index < -0.39 is 0 Å². The van der Waals surface area contributed by atoms with Gasteiger partial charge in [-0.2, -0.15) is 4.57 Å². The molecule has 0 unspecified atom stereocenters. The molecule has 0 aliphatic carbocycles. The Kier molecular flexibility index (Phi) is 6.97. The molecule has 32 heavy (non-hydrogen) atoms. The van der Waals surface area contributed by atoms with E-state index in [1.54, 1.807) is 14.2 Å². The van der Waals surface area contributed by atoms with Crippen LogP contribution >= 0.6 is 0 Å². The number of nitrogens with two attached hydrogens (primary N) is 2. The molecule has 4 rings (SSSR count). The van der Waals surface area contributed by atoms with E-state index in [1.165, 1.54) is 5.56 Å². The average Bonchev–Trinajstić information content (AvgIpc) is 2.82. The van der Waals surface area contributed by atoms with E-state index in [0.717, 1.165) is 70.8 Å². The zero-order chi connectivity index (χ0) is 22.5. The number of aromatic nitrogens is 1. The number of methoxy groups -OCH3 is 2. The number of aryl methyl sites for hydroxylation is 2. The van der Waals surface area contributed by atoms with Crippen LogP contribution < -0.4 is 35.0 Å². The zero-order valence-electron chi connectivity index (χ0n) is 18.9. The fraction of sp³-hybridized carbons (Fsp3) is 0.400. The highest BCUT2D eigenvalue weighted by Gasteiger charge is 2.27. The SMILES string of the molecule is COc1cc2c(cc1OCCCN)CC[n+]1cc3c(OCCCN)c(OC)ccc3cc1-2. The normalized spacial score (nSPS) is 12.2. The molecule has 0 spiro atoms. The standard InChI is InChI=1S/C25H32N3O4/c1-29-22-6-5-17-13-21-19-15-23(30-2)24(31-11-3-8-26)14-18(19)7-10-28(21)16-20(17)25(22)32-12-4-9-27/h5-6,13-16H,3-4,7-12,26-27H2,1-2H3/q+1. The van der Waals surface area contributed by atoms with Crippen molar-refractivity contribution in [1.82, 2.24) is 0 Å². The quantitative estimate of drug-likeness (QED) is 0.374. The van der Waals surface area contributed by atoms with Crippen molar-refractivity contribution in [3.8, 4) is 34.3 Å². The van der Waals surface area contributed by atoms with Gasteiger partial charge in [0, 0.05) is 12.5 Å². The minimum absolute atomic E-state index is 0.556. The lowest BCUT2D eigenvalue weighted by atomic mass is 9.95. The van der Waals surface area contributed by atoms with Gasteiger partial charge in [-0.05, 0) is 61.1 Å². The van der Waals surface area contributed by atoms with Crippen LogP contribution in [0.4, 0.5) is 0 Å². The zero-order valence-corrected chi connectivity index (χ0v) is 18.9. The molecule has 1 aliphatic rings. The van der Waals surface area contributed by atoms with Gasteiger partial charge in [0.05, 0.1) is 38.4 Å². The molecular formula is C25H32N3O4+. The Morgan fingerprint density at radius 1 is 0.875 bits per heavy atom. The monoisotopic (exact) mass is 438 g/mol. The maximum absolute atomic E-state index is 6.08. The van der Waals surface area contributed by atoms with Crippen molar-refractivity contribution in [3.05, 3.63) is 42.1 Å². The molecular weight excluding hydrogens is 406 g/mol. The van der Waals surface area contributed by atoms with Gasteiger partial charge in [-0.15, -0.1) is 0 Å². The molecule has 3 aromatic rings. The van der Waals surface area contributed by atoms with Crippen molar-refractivity contribution in [3.63, 3.8) is 0 Å². The molecule has 170 valence electrons. The number of fused-ring (bicyclic) bond motifs is 4. The topological polar surface area (TPSA) is 92.8 Å². The highest BCUT2D eigenvalue weighted by atomic mass is 16.5. The van der Waals surface area contributed by atoms with Crippen LogP contribution in [0.2, 0.25) is 0 Å². The number of benzene rings is 2. The fourth-order valence-corrected chi connectivity index (χ4v) is 4.12. The number of nitrogens with zero attached hydrogens (tertiary/aromatic N) is 1. The molecule has 1 aromatic heterocycles. The van der Waals surface area contributed by atoms with E-state index in [1.807, 2.05) is 6.07 Å². The minimum Gasteiger partial charge on any atom is -0.493 e. The van der Waals surface area contributed by atoms with Crippen molar-refractivity contribution in [1.29, 1.82) is 0 Å². The van der Waals surface area contributed by atoms with Gasteiger partial charge >= 0.3 is 0 Å². The summed E-state index contributed by atoms with van der Waals surface area (Å²) >= 11 is 0. The maximum atomic E-state index is 6.08. The summed E-state index contributed by atoms with van der Waals surface area (Å²) in [5, 5.41) is 2.12. The summed E-state index contributed by atoms with van der Waals surface area (Å²) in [4.78, 5) is 0. The molecule has 0 radical (unpaired) electrons. The predicted molar refractivity (Wildman–Crippen MR) is 125 cm³/mol. The first-order chi connectivity index (χ1) is 15.7. The van der Waals surface area contributed by atoms with E-state index in [4.69, 9.17) is 30.4 Å². The van der Waals surface area contributed by atoms with Crippen molar-refractivity contribution in [2.24, 2.45) is 11.5 Å². The molecule has 0 bridgehead atoms. The lowest BCUT2D eigenvalue weighted by Gasteiger charge is -2.20. The third-order valence-electron chi connectivity index (χ3n) is 5.79. The Balaban J connectivity index is 1.77. The first-order valence-corrected chi connectivity index (χ1v) is 11.1. The Hall–Kier alpha value is -3.03. The fourth-order valence-electron chi connectivity index (χ4n) is 4.12. The third-order valence-corrected chi connectivity index (χ3v) is 5.79. The molecule has 0 amide bonds. The molecule has 2 aromatic carbocycles. The van der Waals surface area contributed by atoms with Gasteiger partial charge in [0.15, 0.2) is 35.7 Å². The number of hydrogen-bond donors (Lipinski definition) is 2. The molecule has 2 heterocycles. The second-order valence-corrected chi connectivity index (χ2v) is 7.84. The van der Waals surface area contributed by atoms with Crippen LogP contribution in [0, 0.1) is 0 Å². The summed E-state index contributed by atoms with van der Waals surface area (Å²) < 4.78 is 25.5. The van der Waals surface area contributed by atoms with Gasteiger partial charge in [0.1, 0.15) is 0 Å².